The second kappa shape index (κ2) is 6.55. The fourth-order valence-electron chi connectivity index (χ4n) is 3.38. The number of hydrogen-bond donors (Lipinski definition) is 0. The Bertz CT molecular complexity index is 695. The summed E-state index contributed by atoms with van der Waals surface area (Å²) in [5, 5.41) is 0.938. The Kier molecular flexibility index (Phi) is 4.51. The Labute approximate surface area is 131 Å². The predicted molar refractivity (Wildman–Crippen MR) is 88.5 cm³/mol. The van der Waals surface area contributed by atoms with Crippen molar-refractivity contribution < 1.29 is 9.15 Å². The molecule has 0 bridgehead atoms. The number of aryl methyl sites for hydroxylation is 1. The number of rotatable bonds is 5. The number of fused-ring (bicyclic) bond motifs is 1. The molecule has 1 fully saturated rings. The number of benzene rings is 1. The monoisotopic (exact) mass is 300 g/mol. The van der Waals surface area contributed by atoms with Gasteiger partial charge in [0.2, 0.25) is 0 Å². The van der Waals surface area contributed by atoms with Gasteiger partial charge in [-0.2, -0.15) is 0 Å². The molecule has 0 radical (unpaired) electrons. The third kappa shape index (κ3) is 3.34. The quantitative estimate of drug-likeness (QED) is 0.742. The van der Waals surface area contributed by atoms with Crippen LogP contribution in [0.5, 0.6) is 5.75 Å². The Morgan fingerprint density at radius 1 is 1.27 bits per heavy atom. The lowest BCUT2D eigenvalue weighted by Crippen LogP contribution is -2.18. The van der Waals surface area contributed by atoms with E-state index in [9.17, 15) is 4.79 Å². The van der Waals surface area contributed by atoms with Gasteiger partial charge in [-0.3, -0.25) is 0 Å². The highest BCUT2D eigenvalue weighted by atomic mass is 16.5. The summed E-state index contributed by atoms with van der Waals surface area (Å²) in [4.78, 5) is 11.6. The van der Waals surface area contributed by atoms with Crippen LogP contribution in [-0.2, 0) is 0 Å². The van der Waals surface area contributed by atoms with Crippen molar-refractivity contribution in [2.24, 2.45) is 5.92 Å². The summed E-state index contributed by atoms with van der Waals surface area (Å²) in [6.07, 6.45) is 7.79. The third-order valence-corrected chi connectivity index (χ3v) is 4.71. The molecular formula is C19H24O3. The molecule has 0 aliphatic heterocycles. The van der Waals surface area contributed by atoms with Gasteiger partial charge in [0.1, 0.15) is 11.3 Å². The van der Waals surface area contributed by atoms with Gasteiger partial charge < -0.3 is 9.15 Å². The van der Waals surface area contributed by atoms with Crippen molar-refractivity contribution in [3.8, 4) is 5.75 Å². The van der Waals surface area contributed by atoms with Crippen molar-refractivity contribution in [2.75, 3.05) is 0 Å². The maximum atomic E-state index is 11.6. The van der Waals surface area contributed by atoms with Crippen LogP contribution >= 0.6 is 0 Å². The van der Waals surface area contributed by atoms with E-state index in [1.54, 1.807) is 6.92 Å². The molecule has 22 heavy (non-hydrogen) atoms. The first-order chi connectivity index (χ1) is 10.7. The molecule has 1 saturated carbocycles. The van der Waals surface area contributed by atoms with E-state index in [1.807, 2.05) is 24.3 Å². The molecule has 1 heterocycles. The first kappa shape index (κ1) is 15.1. The summed E-state index contributed by atoms with van der Waals surface area (Å²) >= 11 is 0. The van der Waals surface area contributed by atoms with Gasteiger partial charge in [0, 0.05) is 17.0 Å². The van der Waals surface area contributed by atoms with Crippen LogP contribution in [0.15, 0.2) is 33.5 Å². The van der Waals surface area contributed by atoms with Crippen LogP contribution in [0.3, 0.4) is 0 Å². The van der Waals surface area contributed by atoms with E-state index in [0.29, 0.717) is 11.1 Å². The molecule has 3 rings (SSSR count). The van der Waals surface area contributed by atoms with Crippen LogP contribution in [-0.4, -0.2) is 6.10 Å². The molecule has 0 N–H and O–H groups in total. The van der Waals surface area contributed by atoms with Crippen molar-refractivity contribution in [3.05, 3.63) is 40.2 Å². The van der Waals surface area contributed by atoms with Crippen LogP contribution in [0.4, 0.5) is 0 Å². The summed E-state index contributed by atoms with van der Waals surface area (Å²) < 4.78 is 11.5. The maximum Gasteiger partial charge on any atom is 0.339 e. The highest BCUT2D eigenvalue weighted by Crippen LogP contribution is 2.31. The van der Waals surface area contributed by atoms with Crippen molar-refractivity contribution in [1.82, 2.24) is 0 Å². The molecule has 1 aliphatic rings. The summed E-state index contributed by atoms with van der Waals surface area (Å²) in [6.45, 7) is 3.94. The van der Waals surface area contributed by atoms with E-state index in [2.05, 4.69) is 6.92 Å². The predicted octanol–water partition coefficient (Wildman–Crippen LogP) is 4.84. The highest BCUT2D eigenvalue weighted by molar-refractivity contribution is 5.78. The highest BCUT2D eigenvalue weighted by Gasteiger charge is 2.20. The normalized spacial score (nSPS) is 17.0. The molecule has 0 unspecified atom stereocenters. The van der Waals surface area contributed by atoms with Gasteiger partial charge in [0.15, 0.2) is 0 Å². The molecule has 3 nitrogen and oxygen atoms in total. The van der Waals surface area contributed by atoms with E-state index in [0.717, 1.165) is 29.9 Å². The largest absolute Gasteiger partial charge is 0.490 e. The van der Waals surface area contributed by atoms with Crippen LogP contribution in [0.25, 0.3) is 11.0 Å². The number of hydrogen-bond acceptors (Lipinski definition) is 3. The van der Waals surface area contributed by atoms with Gasteiger partial charge >= 0.3 is 5.63 Å². The lowest BCUT2D eigenvalue weighted by atomic mass is 9.98. The molecule has 0 amide bonds. The van der Waals surface area contributed by atoms with Gasteiger partial charge in [0.25, 0.3) is 0 Å². The van der Waals surface area contributed by atoms with Crippen molar-refractivity contribution in [1.29, 1.82) is 0 Å². The van der Waals surface area contributed by atoms with Crippen molar-refractivity contribution >= 4 is 11.0 Å². The zero-order valence-corrected chi connectivity index (χ0v) is 13.4. The average Bonchev–Trinajstić information content (AvgIpc) is 3.01. The fourth-order valence-corrected chi connectivity index (χ4v) is 3.38. The molecule has 1 atom stereocenters. The van der Waals surface area contributed by atoms with Crippen LogP contribution in [0, 0.1) is 12.8 Å². The van der Waals surface area contributed by atoms with Crippen molar-refractivity contribution in [2.45, 2.75) is 58.5 Å². The van der Waals surface area contributed by atoms with Crippen LogP contribution in [0.1, 0.15) is 51.0 Å². The lowest BCUT2D eigenvalue weighted by Gasteiger charge is -2.21. The second-order valence-corrected chi connectivity index (χ2v) is 6.45. The average molecular weight is 300 g/mol. The summed E-state index contributed by atoms with van der Waals surface area (Å²) in [5.41, 5.74) is 0.959. The van der Waals surface area contributed by atoms with E-state index >= 15 is 0 Å². The Morgan fingerprint density at radius 3 is 2.77 bits per heavy atom. The SMILES string of the molecule is CC[C@H](CC1CCCC1)Oc1ccc2cc(C)c(=O)oc2c1. The second-order valence-electron chi connectivity index (χ2n) is 6.45. The molecule has 2 aromatic rings. The summed E-state index contributed by atoms with van der Waals surface area (Å²) in [5.74, 6) is 1.61. The third-order valence-electron chi connectivity index (χ3n) is 4.71. The van der Waals surface area contributed by atoms with E-state index in [4.69, 9.17) is 9.15 Å². The summed E-state index contributed by atoms with van der Waals surface area (Å²) in [6, 6.07) is 7.64. The molecule has 118 valence electrons. The van der Waals surface area contributed by atoms with E-state index in [-0.39, 0.29) is 11.7 Å². The zero-order valence-electron chi connectivity index (χ0n) is 13.4. The Morgan fingerprint density at radius 2 is 2.05 bits per heavy atom. The van der Waals surface area contributed by atoms with E-state index in [1.165, 1.54) is 25.7 Å². The van der Waals surface area contributed by atoms with Gasteiger partial charge in [-0.1, -0.05) is 32.6 Å². The van der Waals surface area contributed by atoms with E-state index < -0.39 is 0 Å². The van der Waals surface area contributed by atoms with Gasteiger partial charge in [-0.15, -0.1) is 0 Å². The Balaban J connectivity index is 1.77. The molecule has 1 aromatic heterocycles. The van der Waals surface area contributed by atoms with Crippen molar-refractivity contribution in [3.63, 3.8) is 0 Å². The molecule has 0 spiro atoms. The Hall–Kier alpha value is -1.77. The number of ether oxygens (including phenoxy) is 1. The first-order valence-corrected chi connectivity index (χ1v) is 8.37. The molecule has 0 saturated heterocycles. The molecule has 1 aromatic carbocycles. The minimum Gasteiger partial charge on any atom is -0.490 e. The van der Waals surface area contributed by atoms with Crippen LogP contribution < -0.4 is 10.4 Å². The molecular weight excluding hydrogens is 276 g/mol. The maximum absolute atomic E-state index is 11.6. The van der Waals surface area contributed by atoms with Gasteiger partial charge in [0.05, 0.1) is 6.10 Å². The minimum atomic E-state index is -0.275. The summed E-state index contributed by atoms with van der Waals surface area (Å²) in [7, 11) is 0. The standard InChI is InChI=1S/C19H24O3/c1-3-16(11-14-6-4-5-7-14)21-17-9-8-15-10-13(2)19(20)22-18(15)12-17/h8-10,12,14,16H,3-7,11H2,1-2H3/t16-/m1/s1. The lowest BCUT2D eigenvalue weighted by molar-refractivity contribution is 0.164. The smallest absolute Gasteiger partial charge is 0.339 e. The minimum absolute atomic E-state index is 0.248. The molecule has 1 aliphatic carbocycles. The van der Waals surface area contributed by atoms with Gasteiger partial charge in [-0.05, 0) is 43.9 Å². The van der Waals surface area contributed by atoms with Gasteiger partial charge in [-0.25, -0.2) is 4.79 Å². The topological polar surface area (TPSA) is 39.4 Å². The zero-order chi connectivity index (χ0) is 15.5. The fraction of sp³-hybridized carbons (Fsp3) is 0.526. The first-order valence-electron chi connectivity index (χ1n) is 8.37. The van der Waals surface area contributed by atoms with Crippen LogP contribution in [0.2, 0.25) is 0 Å². The molecule has 3 heteroatoms.